The van der Waals surface area contributed by atoms with Crippen molar-refractivity contribution in [1.82, 2.24) is 5.06 Å². The molecule has 0 spiro atoms. The highest BCUT2D eigenvalue weighted by molar-refractivity contribution is 6.26. The van der Waals surface area contributed by atoms with Gasteiger partial charge in [0, 0.05) is 30.6 Å². The highest BCUT2D eigenvalue weighted by Gasteiger charge is 2.33. The SMILES string of the molecule is CC(=O)Nc1cc2c3c(cc(NC(C)=O)cc3c1)C(=O)N(O)C2=O. The Labute approximate surface area is 136 Å². The number of amides is 4. The zero-order valence-corrected chi connectivity index (χ0v) is 12.8. The van der Waals surface area contributed by atoms with E-state index in [1.165, 1.54) is 26.0 Å². The minimum atomic E-state index is -0.878. The zero-order valence-electron chi connectivity index (χ0n) is 12.8. The highest BCUT2D eigenvalue weighted by Crippen LogP contribution is 2.34. The van der Waals surface area contributed by atoms with Gasteiger partial charge in [0.15, 0.2) is 0 Å². The molecule has 8 heteroatoms. The fourth-order valence-corrected chi connectivity index (χ4v) is 2.72. The van der Waals surface area contributed by atoms with Gasteiger partial charge in [-0.25, -0.2) is 0 Å². The molecule has 0 fully saturated rings. The van der Waals surface area contributed by atoms with Crippen molar-refractivity contribution < 1.29 is 24.4 Å². The molecular weight excluding hydrogens is 314 g/mol. The van der Waals surface area contributed by atoms with E-state index in [0.717, 1.165) is 0 Å². The first-order valence-corrected chi connectivity index (χ1v) is 7.02. The molecule has 0 aromatic heterocycles. The molecule has 122 valence electrons. The van der Waals surface area contributed by atoms with Crippen LogP contribution in [0, 0.1) is 0 Å². The summed E-state index contributed by atoms with van der Waals surface area (Å²) in [6.45, 7) is 2.64. The minimum absolute atomic E-state index is 0.0200. The van der Waals surface area contributed by atoms with E-state index in [-0.39, 0.29) is 28.0 Å². The Kier molecular flexibility index (Phi) is 3.53. The summed E-state index contributed by atoms with van der Waals surface area (Å²) in [5, 5.41) is 15.7. The van der Waals surface area contributed by atoms with Crippen molar-refractivity contribution in [2.24, 2.45) is 0 Å². The van der Waals surface area contributed by atoms with E-state index in [2.05, 4.69) is 10.6 Å². The van der Waals surface area contributed by atoms with Gasteiger partial charge in [0.2, 0.25) is 11.8 Å². The van der Waals surface area contributed by atoms with Gasteiger partial charge in [-0.3, -0.25) is 24.4 Å². The highest BCUT2D eigenvalue weighted by atomic mass is 16.5. The molecule has 0 saturated carbocycles. The van der Waals surface area contributed by atoms with Gasteiger partial charge in [-0.05, 0) is 29.7 Å². The lowest BCUT2D eigenvalue weighted by molar-refractivity contribution is -0.115. The molecule has 3 rings (SSSR count). The van der Waals surface area contributed by atoms with E-state index in [1.807, 2.05) is 0 Å². The maximum atomic E-state index is 12.2. The predicted molar refractivity (Wildman–Crippen MR) is 84.8 cm³/mol. The lowest BCUT2D eigenvalue weighted by Crippen LogP contribution is -2.37. The van der Waals surface area contributed by atoms with Crippen molar-refractivity contribution in [3.05, 3.63) is 35.4 Å². The third kappa shape index (κ3) is 2.48. The largest absolute Gasteiger partial charge is 0.326 e. The van der Waals surface area contributed by atoms with Crippen LogP contribution in [0.1, 0.15) is 34.6 Å². The van der Waals surface area contributed by atoms with Crippen LogP contribution in [0.25, 0.3) is 10.8 Å². The molecule has 1 aliphatic rings. The number of nitrogens with one attached hydrogen (secondary N) is 2. The number of nitrogens with zero attached hydrogens (tertiary/aromatic N) is 1. The summed E-state index contributed by atoms with van der Waals surface area (Å²) in [6, 6.07) is 5.96. The molecule has 1 heterocycles. The zero-order chi connectivity index (χ0) is 17.6. The topological polar surface area (TPSA) is 116 Å². The predicted octanol–water partition coefficient (Wildman–Crippen LogP) is 1.74. The van der Waals surface area contributed by atoms with Crippen LogP contribution in [0.5, 0.6) is 0 Å². The van der Waals surface area contributed by atoms with Crippen LogP contribution in [0.4, 0.5) is 11.4 Å². The Balaban J connectivity index is 2.33. The third-order valence-corrected chi connectivity index (χ3v) is 3.54. The van der Waals surface area contributed by atoms with Gasteiger partial charge in [-0.2, -0.15) is 0 Å². The van der Waals surface area contributed by atoms with E-state index in [1.54, 1.807) is 12.1 Å². The van der Waals surface area contributed by atoms with Gasteiger partial charge in [0.1, 0.15) is 0 Å². The van der Waals surface area contributed by atoms with E-state index >= 15 is 0 Å². The van der Waals surface area contributed by atoms with Crippen LogP contribution in [0.2, 0.25) is 0 Å². The molecule has 0 aliphatic carbocycles. The number of carbonyl (C=O) groups excluding carboxylic acids is 4. The Hall–Kier alpha value is -3.26. The fourth-order valence-electron chi connectivity index (χ4n) is 2.72. The number of carbonyl (C=O) groups is 4. The number of benzene rings is 2. The average molecular weight is 327 g/mol. The summed E-state index contributed by atoms with van der Waals surface area (Å²) < 4.78 is 0. The maximum absolute atomic E-state index is 12.2. The normalized spacial score (nSPS) is 13.2. The fraction of sp³-hybridized carbons (Fsp3) is 0.125. The van der Waals surface area contributed by atoms with Crippen LogP contribution in [0.3, 0.4) is 0 Å². The first-order chi connectivity index (χ1) is 11.3. The summed E-state index contributed by atoms with van der Waals surface area (Å²) in [4.78, 5) is 46.9. The molecule has 2 aromatic rings. The van der Waals surface area contributed by atoms with Crippen molar-refractivity contribution in [2.45, 2.75) is 13.8 Å². The van der Waals surface area contributed by atoms with Crippen LogP contribution in [0.15, 0.2) is 24.3 Å². The lowest BCUT2D eigenvalue weighted by atomic mass is 9.93. The summed E-state index contributed by atoms with van der Waals surface area (Å²) in [5.74, 6) is -2.42. The third-order valence-electron chi connectivity index (χ3n) is 3.54. The summed E-state index contributed by atoms with van der Waals surface area (Å²) >= 11 is 0. The molecule has 0 bridgehead atoms. The Bertz CT molecular complexity index is 864. The maximum Gasteiger partial charge on any atom is 0.285 e. The molecule has 3 N–H and O–H groups in total. The minimum Gasteiger partial charge on any atom is -0.326 e. The van der Waals surface area contributed by atoms with Crippen LogP contribution in [-0.4, -0.2) is 33.9 Å². The number of anilines is 2. The van der Waals surface area contributed by atoms with Gasteiger partial charge in [-0.1, -0.05) is 0 Å². The standard InChI is InChI=1S/C16H13N3O5/c1-7(20)17-10-3-9-4-11(18-8(2)21)6-13-14(9)12(5-10)15(22)19(24)16(13)23/h3-6,24H,1-2H3,(H,17,20)(H,18,21). The van der Waals surface area contributed by atoms with Crippen molar-refractivity contribution in [3.8, 4) is 0 Å². The van der Waals surface area contributed by atoms with Crippen molar-refractivity contribution in [1.29, 1.82) is 0 Å². The number of hydrogen-bond acceptors (Lipinski definition) is 5. The monoisotopic (exact) mass is 327 g/mol. The van der Waals surface area contributed by atoms with Gasteiger partial charge in [0.25, 0.3) is 11.8 Å². The summed E-state index contributed by atoms with van der Waals surface area (Å²) in [7, 11) is 0. The molecule has 24 heavy (non-hydrogen) atoms. The van der Waals surface area contributed by atoms with Crippen molar-refractivity contribution in [3.63, 3.8) is 0 Å². The van der Waals surface area contributed by atoms with Crippen molar-refractivity contribution >= 4 is 45.8 Å². The molecule has 8 nitrogen and oxygen atoms in total. The van der Waals surface area contributed by atoms with Crippen LogP contribution in [-0.2, 0) is 9.59 Å². The number of hydroxylamine groups is 2. The summed E-state index contributed by atoms with van der Waals surface area (Å²) in [6.07, 6.45) is 0. The summed E-state index contributed by atoms with van der Waals surface area (Å²) in [5.41, 5.74) is 0.851. The molecule has 2 aromatic carbocycles. The Morgan fingerprint density at radius 2 is 1.29 bits per heavy atom. The second-order valence-electron chi connectivity index (χ2n) is 5.43. The first-order valence-electron chi connectivity index (χ1n) is 7.02. The molecule has 1 aliphatic heterocycles. The van der Waals surface area contributed by atoms with Gasteiger partial charge in [-0.15, -0.1) is 5.06 Å². The van der Waals surface area contributed by atoms with E-state index in [4.69, 9.17) is 0 Å². The second kappa shape index (κ2) is 5.43. The van der Waals surface area contributed by atoms with Gasteiger partial charge >= 0.3 is 0 Å². The second-order valence-corrected chi connectivity index (χ2v) is 5.43. The molecular formula is C16H13N3O5. The van der Waals surface area contributed by atoms with Crippen LogP contribution >= 0.6 is 0 Å². The number of rotatable bonds is 2. The lowest BCUT2D eigenvalue weighted by Gasteiger charge is -2.23. The van der Waals surface area contributed by atoms with E-state index in [0.29, 0.717) is 22.1 Å². The molecule has 0 radical (unpaired) electrons. The van der Waals surface area contributed by atoms with E-state index < -0.39 is 11.8 Å². The van der Waals surface area contributed by atoms with E-state index in [9.17, 15) is 24.4 Å². The number of imide groups is 1. The smallest absolute Gasteiger partial charge is 0.285 e. The quantitative estimate of drug-likeness (QED) is 0.574. The van der Waals surface area contributed by atoms with Crippen LogP contribution < -0.4 is 10.6 Å². The average Bonchev–Trinajstić information content (AvgIpc) is 2.48. The van der Waals surface area contributed by atoms with Gasteiger partial charge in [0.05, 0.1) is 11.1 Å². The Morgan fingerprint density at radius 3 is 1.67 bits per heavy atom. The molecule has 4 amide bonds. The molecule has 0 unspecified atom stereocenters. The first kappa shape index (κ1) is 15.6. The van der Waals surface area contributed by atoms with Gasteiger partial charge < -0.3 is 10.6 Å². The molecule has 0 saturated heterocycles. The van der Waals surface area contributed by atoms with Crippen molar-refractivity contribution in [2.75, 3.05) is 10.6 Å². The Morgan fingerprint density at radius 1 is 0.875 bits per heavy atom. The molecule has 0 atom stereocenters. The number of hydrogen-bond donors (Lipinski definition) is 3.